The van der Waals surface area contributed by atoms with Crippen molar-refractivity contribution in [3.63, 3.8) is 0 Å². The number of hydrogen-bond acceptors (Lipinski definition) is 2. The molecule has 1 N–H and O–H groups in total. The van der Waals surface area contributed by atoms with Gasteiger partial charge in [-0.15, -0.1) is 0 Å². The van der Waals surface area contributed by atoms with Crippen molar-refractivity contribution in [3.8, 4) is 0 Å². The van der Waals surface area contributed by atoms with Crippen molar-refractivity contribution in [2.75, 3.05) is 0 Å². The number of carboxylic acid groups (broad SMARTS) is 1. The van der Waals surface area contributed by atoms with Crippen LogP contribution in [-0.4, -0.2) is 16.1 Å². The molecule has 0 spiro atoms. The van der Waals surface area contributed by atoms with E-state index in [-0.39, 0.29) is 11.8 Å². The highest BCUT2D eigenvalue weighted by Gasteiger charge is 2.31. The van der Waals surface area contributed by atoms with Crippen molar-refractivity contribution in [3.05, 3.63) is 29.6 Å². The van der Waals surface area contributed by atoms with Crippen molar-refractivity contribution in [2.45, 2.75) is 25.7 Å². The van der Waals surface area contributed by atoms with Gasteiger partial charge in [0.25, 0.3) is 0 Å². The number of carboxylic acids is 1. The van der Waals surface area contributed by atoms with Crippen LogP contribution in [0.5, 0.6) is 0 Å². The highest BCUT2D eigenvalue weighted by atomic mass is 16.4. The van der Waals surface area contributed by atoms with Gasteiger partial charge in [0.15, 0.2) is 0 Å². The predicted octanol–water partition coefficient (Wildman–Crippen LogP) is 1.83. The fourth-order valence-corrected chi connectivity index (χ4v) is 2.14. The first-order valence-electron chi connectivity index (χ1n) is 4.86. The van der Waals surface area contributed by atoms with E-state index in [1.807, 2.05) is 12.1 Å². The molecule has 1 aliphatic carbocycles. The third-order valence-corrected chi connectivity index (χ3v) is 3.01. The Labute approximate surface area is 82.8 Å². The van der Waals surface area contributed by atoms with E-state index in [4.69, 9.17) is 5.11 Å². The number of aliphatic carboxylic acids is 1. The lowest BCUT2D eigenvalue weighted by Crippen LogP contribution is -2.17. The fourth-order valence-electron chi connectivity index (χ4n) is 2.14. The van der Waals surface area contributed by atoms with Crippen LogP contribution in [0, 0.1) is 5.92 Å². The summed E-state index contributed by atoms with van der Waals surface area (Å²) in [6.45, 7) is 1.77. The molecule has 1 aliphatic rings. The molecule has 14 heavy (non-hydrogen) atoms. The molecule has 1 heterocycles. The lowest BCUT2D eigenvalue weighted by molar-refractivity contribution is -0.141. The average Bonchev–Trinajstić information content (AvgIpc) is 2.60. The predicted molar refractivity (Wildman–Crippen MR) is 52.1 cm³/mol. The normalized spacial score (nSPS) is 21.6. The maximum atomic E-state index is 10.9. The smallest absolute Gasteiger partial charge is 0.306 e. The average molecular weight is 191 g/mol. The van der Waals surface area contributed by atoms with E-state index in [1.165, 1.54) is 0 Å². The zero-order valence-corrected chi connectivity index (χ0v) is 8.10. The second-order valence-corrected chi connectivity index (χ2v) is 3.81. The summed E-state index contributed by atoms with van der Waals surface area (Å²) in [5.74, 6) is -0.872. The van der Waals surface area contributed by atoms with Gasteiger partial charge in [-0.2, -0.15) is 0 Å². The topological polar surface area (TPSA) is 50.2 Å². The van der Waals surface area contributed by atoms with E-state index in [2.05, 4.69) is 4.98 Å². The molecule has 0 aromatic carbocycles. The molecule has 3 heteroatoms. The molecule has 0 saturated heterocycles. The van der Waals surface area contributed by atoms with E-state index in [1.54, 1.807) is 13.1 Å². The number of aryl methyl sites for hydroxylation is 1. The van der Waals surface area contributed by atoms with Crippen LogP contribution >= 0.6 is 0 Å². The van der Waals surface area contributed by atoms with Crippen LogP contribution in [-0.2, 0) is 11.2 Å². The molecule has 3 nitrogen and oxygen atoms in total. The monoisotopic (exact) mass is 191 g/mol. The molecular weight excluding hydrogens is 178 g/mol. The summed E-state index contributed by atoms with van der Waals surface area (Å²) in [7, 11) is 0. The number of rotatable bonds is 2. The summed E-state index contributed by atoms with van der Waals surface area (Å²) in [4.78, 5) is 15.1. The minimum Gasteiger partial charge on any atom is -0.481 e. The molecule has 74 valence electrons. The summed E-state index contributed by atoms with van der Waals surface area (Å²) in [5, 5.41) is 8.95. The highest BCUT2D eigenvalue weighted by molar-refractivity contribution is 5.71. The van der Waals surface area contributed by atoms with Crippen molar-refractivity contribution >= 4 is 5.97 Å². The van der Waals surface area contributed by atoms with Crippen molar-refractivity contribution in [1.29, 1.82) is 0 Å². The molecule has 2 rings (SSSR count). The quantitative estimate of drug-likeness (QED) is 0.775. The Hall–Kier alpha value is -1.38. The van der Waals surface area contributed by atoms with Gasteiger partial charge < -0.3 is 5.11 Å². The SMILES string of the molecule is CC(C(=O)O)C1CCc2ncccc21. The molecule has 0 saturated carbocycles. The van der Waals surface area contributed by atoms with E-state index in [0.29, 0.717) is 0 Å². The molecule has 0 fully saturated rings. The Bertz CT molecular complexity index is 362. The first-order valence-corrected chi connectivity index (χ1v) is 4.86. The molecule has 1 aromatic rings. The number of hydrogen-bond donors (Lipinski definition) is 1. The Balaban J connectivity index is 2.30. The number of pyridine rings is 1. The maximum Gasteiger partial charge on any atom is 0.306 e. The first-order chi connectivity index (χ1) is 6.70. The minimum absolute atomic E-state index is 0.149. The number of nitrogens with zero attached hydrogens (tertiary/aromatic N) is 1. The molecule has 0 amide bonds. The van der Waals surface area contributed by atoms with E-state index < -0.39 is 5.97 Å². The number of carbonyl (C=O) groups is 1. The maximum absolute atomic E-state index is 10.9. The summed E-state index contributed by atoms with van der Waals surface area (Å²) in [6, 6.07) is 3.88. The number of fused-ring (bicyclic) bond motifs is 1. The Morgan fingerprint density at radius 2 is 2.50 bits per heavy atom. The Morgan fingerprint density at radius 3 is 3.21 bits per heavy atom. The fraction of sp³-hybridized carbons (Fsp3) is 0.455. The van der Waals surface area contributed by atoms with Crippen molar-refractivity contribution in [2.24, 2.45) is 5.92 Å². The first kappa shape index (κ1) is 9.19. The molecule has 0 bridgehead atoms. The van der Waals surface area contributed by atoms with Crippen molar-refractivity contribution < 1.29 is 9.90 Å². The molecular formula is C11H13NO2. The van der Waals surface area contributed by atoms with Gasteiger partial charge in [0.05, 0.1) is 5.92 Å². The van der Waals surface area contributed by atoms with Gasteiger partial charge in [0, 0.05) is 11.9 Å². The Morgan fingerprint density at radius 1 is 1.71 bits per heavy atom. The second-order valence-electron chi connectivity index (χ2n) is 3.81. The largest absolute Gasteiger partial charge is 0.481 e. The molecule has 2 unspecified atom stereocenters. The van der Waals surface area contributed by atoms with Crippen LogP contribution in [0.25, 0.3) is 0 Å². The molecule has 1 aromatic heterocycles. The summed E-state index contributed by atoms with van der Waals surface area (Å²) in [5.41, 5.74) is 2.20. The zero-order chi connectivity index (χ0) is 10.1. The Kier molecular flexibility index (Phi) is 2.23. The van der Waals surface area contributed by atoms with E-state index >= 15 is 0 Å². The highest BCUT2D eigenvalue weighted by Crippen LogP contribution is 2.37. The lowest BCUT2D eigenvalue weighted by atomic mass is 9.89. The third kappa shape index (κ3) is 1.39. The standard InChI is InChI=1S/C11H13NO2/c1-7(11(13)14)8-4-5-10-9(8)3-2-6-12-10/h2-3,6-8H,4-5H2,1H3,(H,13,14). The van der Waals surface area contributed by atoms with Gasteiger partial charge >= 0.3 is 5.97 Å². The van der Waals surface area contributed by atoms with Crippen molar-refractivity contribution in [1.82, 2.24) is 4.98 Å². The molecule has 0 aliphatic heterocycles. The van der Waals surface area contributed by atoms with Gasteiger partial charge in [-0.3, -0.25) is 9.78 Å². The van der Waals surface area contributed by atoms with E-state index in [0.717, 1.165) is 24.1 Å². The third-order valence-electron chi connectivity index (χ3n) is 3.01. The molecule has 2 atom stereocenters. The van der Waals surface area contributed by atoms with E-state index in [9.17, 15) is 4.79 Å². The summed E-state index contributed by atoms with van der Waals surface area (Å²) in [6.07, 6.45) is 3.60. The van der Waals surface area contributed by atoms with Gasteiger partial charge in [-0.1, -0.05) is 13.0 Å². The lowest BCUT2D eigenvalue weighted by Gasteiger charge is -2.15. The van der Waals surface area contributed by atoms with Gasteiger partial charge in [0.1, 0.15) is 0 Å². The minimum atomic E-state index is -0.716. The zero-order valence-electron chi connectivity index (χ0n) is 8.10. The summed E-state index contributed by atoms with van der Waals surface area (Å²) < 4.78 is 0. The van der Waals surface area contributed by atoms with Crippen LogP contribution in [0.4, 0.5) is 0 Å². The van der Waals surface area contributed by atoms with Crippen LogP contribution in [0.1, 0.15) is 30.5 Å². The van der Waals surface area contributed by atoms with Gasteiger partial charge in [-0.05, 0) is 30.4 Å². The van der Waals surface area contributed by atoms with Crippen LogP contribution in [0.2, 0.25) is 0 Å². The van der Waals surface area contributed by atoms with Gasteiger partial charge in [0.2, 0.25) is 0 Å². The summed E-state index contributed by atoms with van der Waals surface area (Å²) >= 11 is 0. The van der Waals surface area contributed by atoms with Gasteiger partial charge in [-0.25, -0.2) is 0 Å². The molecule has 0 radical (unpaired) electrons. The van der Waals surface area contributed by atoms with Crippen LogP contribution < -0.4 is 0 Å². The second kappa shape index (κ2) is 3.40. The number of aromatic nitrogens is 1. The van der Waals surface area contributed by atoms with Crippen LogP contribution in [0.3, 0.4) is 0 Å². The van der Waals surface area contributed by atoms with Crippen LogP contribution in [0.15, 0.2) is 18.3 Å².